The monoisotopic (exact) mass is 474 g/mol. The first-order valence-electron chi connectivity index (χ1n) is 11.1. The van der Waals surface area contributed by atoms with Crippen LogP contribution < -0.4 is 9.47 Å². The highest BCUT2D eigenvalue weighted by Gasteiger charge is 2.46. The Morgan fingerprint density at radius 2 is 1.74 bits per heavy atom. The van der Waals surface area contributed by atoms with Crippen LogP contribution in [0.4, 0.5) is 0 Å². The second-order valence-corrected chi connectivity index (χ2v) is 7.91. The maximum Gasteiger partial charge on any atom is 0.295 e. The van der Waals surface area contributed by atoms with Crippen LogP contribution in [0.3, 0.4) is 0 Å². The highest BCUT2D eigenvalue weighted by Crippen LogP contribution is 2.41. The third-order valence-electron chi connectivity index (χ3n) is 5.77. The average molecular weight is 475 g/mol. The van der Waals surface area contributed by atoms with Crippen molar-refractivity contribution in [3.63, 3.8) is 0 Å². The van der Waals surface area contributed by atoms with E-state index in [1.807, 2.05) is 30.3 Å². The fourth-order valence-electron chi connectivity index (χ4n) is 4.02. The summed E-state index contributed by atoms with van der Waals surface area (Å²) in [5, 5.41) is 11.0. The van der Waals surface area contributed by atoms with Gasteiger partial charge in [-0.15, -0.1) is 0 Å². The Bertz CT molecular complexity index is 1230. The van der Waals surface area contributed by atoms with E-state index >= 15 is 0 Å². The number of hydrogen-bond donors (Lipinski definition) is 1. The Morgan fingerprint density at radius 3 is 2.43 bits per heavy atom. The molecule has 0 radical (unpaired) electrons. The van der Waals surface area contributed by atoms with Crippen LogP contribution in [0.1, 0.15) is 22.7 Å². The minimum Gasteiger partial charge on any atom is -0.507 e. The molecular weight excluding hydrogens is 448 g/mol. The number of hydrogen-bond acceptors (Lipinski definition) is 7. The SMILES string of the molecule is COCCN1C(=O)C(=O)/C(=C(/O)c2ccncc2)C1c1ccc(OCc2ccccc2)c(OC)c1. The molecule has 1 atom stereocenters. The lowest BCUT2D eigenvalue weighted by molar-refractivity contribution is -0.140. The number of benzene rings is 2. The van der Waals surface area contributed by atoms with Gasteiger partial charge in [0.05, 0.1) is 25.3 Å². The standard InChI is InChI=1S/C27H26N2O6/c1-33-15-14-29-24(23(26(31)27(29)32)25(30)19-10-12-28-13-11-19)20-8-9-21(22(16-20)34-2)35-17-18-6-4-3-5-7-18/h3-13,16,24,30H,14-15,17H2,1-2H3/b25-23+. The van der Waals surface area contributed by atoms with Gasteiger partial charge in [0.15, 0.2) is 11.5 Å². The van der Waals surface area contributed by atoms with E-state index in [2.05, 4.69) is 4.98 Å². The summed E-state index contributed by atoms with van der Waals surface area (Å²) in [4.78, 5) is 31.3. The van der Waals surface area contributed by atoms with Gasteiger partial charge in [0.1, 0.15) is 12.4 Å². The van der Waals surface area contributed by atoms with Gasteiger partial charge in [-0.1, -0.05) is 36.4 Å². The number of aliphatic hydroxyl groups is 1. The molecule has 1 N–H and O–H groups in total. The summed E-state index contributed by atoms with van der Waals surface area (Å²) in [5.74, 6) is -0.767. The molecule has 2 aromatic carbocycles. The van der Waals surface area contributed by atoms with E-state index in [0.717, 1.165) is 5.56 Å². The number of Topliss-reactive ketones (excluding diaryl/α,β-unsaturated/α-hetero) is 1. The molecule has 4 rings (SSSR count). The van der Waals surface area contributed by atoms with Crippen LogP contribution in [0.5, 0.6) is 11.5 Å². The second kappa shape index (κ2) is 10.8. The van der Waals surface area contributed by atoms with Crippen molar-refractivity contribution in [2.45, 2.75) is 12.6 Å². The Hall–Kier alpha value is -4.17. The number of carbonyl (C=O) groups excluding carboxylic acids is 2. The van der Waals surface area contributed by atoms with Gasteiger partial charge in [-0.2, -0.15) is 0 Å². The van der Waals surface area contributed by atoms with Crippen molar-refractivity contribution in [1.29, 1.82) is 0 Å². The molecule has 0 bridgehead atoms. The summed E-state index contributed by atoms with van der Waals surface area (Å²) >= 11 is 0. The van der Waals surface area contributed by atoms with E-state index in [1.165, 1.54) is 31.5 Å². The normalized spacial score (nSPS) is 17.0. The number of ether oxygens (including phenoxy) is 3. The van der Waals surface area contributed by atoms with Gasteiger partial charge in [-0.05, 0) is 35.4 Å². The van der Waals surface area contributed by atoms with Crippen LogP contribution in [0.2, 0.25) is 0 Å². The number of methoxy groups -OCH3 is 2. The van der Waals surface area contributed by atoms with E-state index in [-0.39, 0.29) is 24.5 Å². The van der Waals surface area contributed by atoms with Crippen molar-refractivity contribution >= 4 is 17.4 Å². The van der Waals surface area contributed by atoms with Gasteiger partial charge in [-0.3, -0.25) is 14.6 Å². The molecule has 35 heavy (non-hydrogen) atoms. The average Bonchev–Trinajstić information content (AvgIpc) is 3.16. The largest absolute Gasteiger partial charge is 0.507 e. The third-order valence-corrected chi connectivity index (χ3v) is 5.77. The maximum atomic E-state index is 13.0. The smallest absolute Gasteiger partial charge is 0.295 e. The van der Waals surface area contributed by atoms with Gasteiger partial charge >= 0.3 is 0 Å². The van der Waals surface area contributed by atoms with Crippen LogP contribution >= 0.6 is 0 Å². The zero-order valence-corrected chi connectivity index (χ0v) is 19.5. The van der Waals surface area contributed by atoms with Gasteiger partial charge in [0, 0.05) is 31.6 Å². The lowest BCUT2D eigenvalue weighted by Gasteiger charge is -2.25. The second-order valence-electron chi connectivity index (χ2n) is 7.91. The third kappa shape index (κ3) is 5.02. The minimum atomic E-state index is -0.824. The van der Waals surface area contributed by atoms with E-state index in [9.17, 15) is 14.7 Å². The summed E-state index contributed by atoms with van der Waals surface area (Å²) in [6, 6.07) is 17.3. The predicted molar refractivity (Wildman–Crippen MR) is 129 cm³/mol. The van der Waals surface area contributed by atoms with Gasteiger partial charge in [0.2, 0.25) is 0 Å². The predicted octanol–water partition coefficient (Wildman–Crippen LogP) is 3.74. The van der Waals surface area contributed by atoms with Crippen LogP contribution in [0.15, 0.2) is 78.6 Å². The van der Waals surface area contributed by atoms with Crippen molar-refractivity contribution in [2.75, 3.05) is 27.4 Å². The Kier molecular flexibility index (Phi) is 7.42. The van der Waals surface area contributed by atoms with E-state index in [0.29, 0.717) is 29.2 Å². The Morgan fingerprint density at radius 1 is 1.00 bits per heavy atom. The number of pyridine rings is 1. The first kappa shape index (κ1) is 24.0. The number of nitrogens with zero attached hydrogens (tertiary/aromatic N) is 2. The first-order valence-corrected chi connectivity index (χ1v) is 11.1. The summed E-state index contributed by atoms with van der Waals surface area (Å²) in [6.07, 6.45) is 3.01. The quantitative estimate of drug-likeness (QED) is 0.287. The van der Waals surface area contributed by atoms with E-state index < -0.39 is 17.7 Å². The molecule has 180 valence electrons. The molecule has 1 aromatic heterocycles. The van der Waals surface area contributed by atoms with Crippen molar-refractivity contribution in [2.24, 2.45) is 0 Å². The molecule has 0 spiro atoms. The molecular formula is C27H26N2O6. The van der Waals surface area contributed by atoms with Crippen LogP contribution in [-0.4, -0.2) is 54.1 Å². The molecule has 3 aromatic rings. The molecule has 8 nitrogen and oxygen atoms in total. The van der Waals surface area contributed by atoms with Crippen molar-refractivity contribution < 1.29 is 28.9 Å². The molecule has 0 aliphatic carbocycles. The number of rotatable bonds is 9. The Labute approximate surface area is 203 Å². The molecule has 8 heteroatoms. The topological polar surface area (TPSA) is 98.2 Å². The molecule has 1 aliphatic heterocycles. The maximum absolute atomic E-state index is 13.0. The lowest BCUT2D eigenvalue weighted by atomic mass is 9.95. The zero-order chi connectivity index (χ0) is 24.8. The van der Waals surface area contributed by atoms with Crippen molar-refractivity contribution in [3.8, 4) is 11.5 Å². The molecule has 1 aliphatic rings. The number of aromatic nitrogens is 1. The molecule has 1 fully saturated rings. The summed E-state index contributed by atoms with van der Waals surface area (Å²) in [7, 11) is 3.04. The van der Waals surface area contributed by atoms with Crippen LogP contribution in [0.25, 0.3) is 5.76 Å². The highest BCUT2D eigenvalue weighted by molar-refractivity contribution is 6.46. The zero-order valence-electron chi connectivity index (χ0n) is 19.5. The van der Waals surface area contributed by atoms with Gasteiger partial charge in [0.25, 0.3) is 11.7 Å². The number of ketones is 1. The lowest BCUT2D eigenvalue weighted by Crippen LogP contribution is -2.32. The first-order chi connectivity index (χ1) is 17.0. The molecule has 0 saturated carbocycles. The number of amides is 1. The molecule has 1 saturated heterocycles. The highest BCUT2D eigenvalue weighted by atomic mass is 16.5. The van der Waals surface area contributed by atoms with Crippen LogP contribution in [0, 0.1) is 0 Å². The fraction of sp³-hybridized carbons (Fsp3) is 0.222. The summed E-state index contributed by atoms with van der Waals surface area (Å²) in [6.45, 7) is 0.757. The summed E-state index contributed by atoms with van der Waals surface area (Å²) < 4.78 is 16.7. The van der Waals surface area contributed by atoms with Gasteiger partial charge < -0.3 is 24.2 Å². The van der Waals surface area contributed by atoms with Crippen molar-refractivity contribution in [3.05, 3.63) is 95.3 Å². The van der Waals surface area contributed by atoms with Crippen LogP contribution in [-0.2, 0) is 20.9 Å². The summed E-state index contributed by atoms with van der Waals surface area (Å²) in [5.41, 5.74) is 1.99. The van der Waals surface area contributed by atoms with E-state index in [1.54, 1.807) is 30.3 Å². The minimum absolute atomic E-state index is 0.00249. The fourth-order valence-corrected chi connectivity index (χ4v) is 4.02. The Balaban J connectivity index is 1.74. The van der Waals surface area contributed by atoms with E-state index in [4.69, 9.17) is 14.2 Å². The number of likely N-dealkylation sites (tertiary alicyclic amines) is 1. The molecule has 2 heterocycles. The van der Waals surface area contributed by atoms with Gasteiger partial charge in [-0.25, -0.2) is 0 Å². The number of aliphatic hydroxyl groups excluding tert-OH is 1. The molecule has 1 unspecified atom stereocenters. The molecule has 1 amide bonds. The number of carbonyl (C=O) groups is 2. The van der Waals surface area contributed by atoms with Crippen molar-refractivity contribution in [1.82, 2.24) is 9.88 Å².